The molecule has 0 spiro atoms. The molecule has 35 heavy (non-hydrogen) atoms. The Morgan fingerprint density at radius 3 is 2.60 bits per heavy atom. The van der Waals surface area contributed by atoms with Gasteiger partial charge in [0.25, 0.3) is 5.91 Å². The van der Waals surface area contributed by atoms with Crippen molar-refractivity contribution in [2.75, 3.05) is 11.9 Å². The Morgan fingerprint density at radius 1 is 1.11 bits per heavy atom. The van der Waals surface area contributed by atoms with Gasteiger partial charge in [0.2, 0.25) is 0 Å². The van der Waals surface area contributed by atoms with Gasteiger partial charge in [0.05, 0.1) is 16.3 Å². The lowest BCUT2D eigenvalue weighted by Gasteiger charge is -2.11. The molecule has 2 aromatic carbocycles. The number of halogens is 2. The van der Waals surface area contributed by atoms with E-state index >= 15 is 0 Å². The van der Waals surface area contributed by atoms with Crippen molar-refractivity contribution in [2.45, 2.75) is 13.3 Å². The van der Waals surface area contributed by atoms with Crippen LogP contribution in [0.15, 0.2) is 72.9 Å². The normalized spacial score (nSPS) is 11.8. The molecule has 2 heterocycles. The van der Waals surface area contributed by atoms with E-state index in [1.165, 1.54) is 41.2 Å². The predicted molar refractivity (Wildman–Crippen MR) is 131 cm³/mol. The molecule has 0 aliphatic heterocycles. The molecule has 7 nitrogen and oxygen atoms in total. The molecule has 0 saturated heterocycles. The van der Waals surface area contributed by atoms with Gasteiger partial charge in [-0.05, 0) is 42.3 Å². The topological polar surface area (TPSA) is 97.1 Å². The number of amides is 1. The monoisotopic (exact) mass is 492 g/mol. The number of anilines is 1. The highest BCUT2D eigenvalue weighted by molar-refractivity contribution is 6.34. The molecule has 0 fully saturated rings. The van der Waals surface area contributed by atoms with Gasteiger partial charge >= 0.3 is 0 Å². The molecule has 2 N–H and O–H groups in total. The summed E-state index contributed by atoms with van der Waals surface area (Å²) in [6, 6.07) is 17.8. The molecule has 4 rings (SSSR count). The standard InChI is InChI=1S/C26H22ClFN4O3/c1-16(15-33)12-23(34)22-14-24(32(31-22)18-6-3-2-4-7-18)30-26(35)19-13-17(9-10-20(19)27)25-21(28)8-5-11-29-25/h2-11,13-14,16,33H,12,15H2,1H3,(H,30,35)/t16-/m1/s1. The third-order valence-corrected chi connectivity index (χ3v) is 5.66. The maximum atomic E-state index is 14.2. The molecular formula is C26H22ClFN4O3. The lowest BCUT2D eigenvalue weighted by Crippen LogP contribution is -2.15. The number of aromatic nitrogens is 3. The van der Waals surface area contributed by atoms with E-state index in [1.54, 1.807) is 37.3 Å². The second kappa shape index (κ2) is 10.6. The molecule has 0 bridgehead atoms. The van der Waals surface area contributed by atoms with Gasteiger partial charge in [0, 0.05) is 30.9 Å². The van der Waals surface area contributed by atoms with Crippen molar-refractivity contribution in [3.8, 4) is 16.9 Å². The van der Waals surface area contributed by atoms with Crippen LogP contribution < -0.4 is 5.32 Å². The van der Waals surface area contributed by atoms with Crippen molar-refractivity contribution in [2.24, 2.45) is 5.92 Å². The summed E-state index contributed by atoms with van der Waals surface area (Å²) >= 11 is 6.30. The van der Waals surface area contributed by atoms with Crippen LogP contribution in [0.3, 0.4) is 0 Å². The van der Waals surface area contributed by atoms with Crippen LogP contribution in [-0.4, -0.2) is 38.2 Å². The minimum absolute atomic E-state index is 0.0958. The fourth-order valence-electron chi connectivity index (χ4n) is 3.49. The number of para-hydroxylation sites is 1. The molecular weight excluding hydrogens is 471 g/mol. The van der Waals surface area contributed by atoms with Crippen LogP contribution in [0.25, 0.3) is 16.9 Å². The number of nitrogens with one attached hydrogen (secondary N) is 1. The van der Waals surface area contributed by atoms with E-state index in [-0.39, 0.29) is 52.5 Å². The minimum Gasteiger partial charge on any atom is -0.396 e. The summed E-state index contributed by atoms with van der Waals surface area (Å²) in [6.45, 7) is 1.63. The number of ketones is 1. The van der Waals surface area contributed by atoms with Crippen molar-refractivity contribution in [3.63, 3.8) is 0 Å². The molecule has 4 aromatic rings. The van der Waals surface area contributed by atoms with Gasteiger partial charge in [-0.15, -0.1) is 0 Å². The van der Waals surface area contributed by atoms with Crippen molar-refractivity contribution < 1.29 is 19.1 Å². The van der Waals surface area contributed by atoms with Crippen LogP contribution >= 0.6 is 11.6 Å². The van der Waals surface area contributed by atoms with Gasteiger partial charge in [-0.2, -0.15) is 5.10 Å². The molecule has 9 heteroatoms. The Labute approximate surface area is 206 Å². The number of aliphatic hydroxyl groups is 1. The number of carbonyl (C=O) groups excluding carboxylic acids is 2. The number of aliphatic hydroxyl groups excluding tert-OH is 1. The largest absolute Gasteiger partial charge is 0.396 e. The summed E-state index contributed by atoms with van der Waals surface area (Å²) in [5.74, 6) is -1.32. The van der Waals surface area contributed by atoms with Gasteiger partial charge in [-0.3, -0.25) is 14.6 Å². The van der Waals surface area contributed by atoms with E-state index in [2.05, 4.69) is 15.4 Å². The van der Waals surface area contributed by atoms with Crippen LogP contribution in [-0.2, 0) is 0 Å². The number of pyridine rings is 1. The van der Waals surface area contributed by atoms with E-state index in [1.807, 2.05) is 6.07 Å². The summed E-state index contributed by atoms with van der Waals surface area (Å²) in [6.07, 6.45) is 1.57. The van der Waals surface area contributed by atoms with E-state index in [0.29, 0.717) is 11.3 Å². The van der Waals surface area contributed by atoms with Crippen LogP contribution in [0.5, 0.6) is 0 Å². The first-order chi connectivity index (χ1) is 16.9. The second-order valence-electron chi connectivity index (χ2n) is 8.06. The van der Waals surface area contributed by atoms with Gasteiger partial charge < -0.3 is 10.4 Å². The average Bonchev–Trinajstić information content (AvgIpc) is 3.29. The molecule has 0 aliphatic rings. The second-order valence-corrected chi connectivity index (χ2v) is 8.47. The Morgan fingerprint density at radius 2 is 1.89 bits per heavy atom. The van der Waals surface area contributed by atoms with Gasteiger partial charge in [0.1, 0.15) is 23.0 Å². The first kappa shape index (κ1) is 24.3. The number of carbonyl (C=O) groups is 2. The Bertz CT molecular complexity index is 1370. The van der Waals surface area contributed by atoms with E-state index < -0.39 is 11.7 Å². The first-order valence-electron chi connectivity index (χ1n) is 10.9. The fraction of sp³-hybridized carbons (Fsp3) is 0.154. The van der Waals surface area contributed by atoms with Crippen LogP contribution in [0.1, 0.15) is 34.2 Å². The highest BCUT2D eigenvalue weighted by Crippen LogP contribution is 2.27. The highest BCUT2D eigenvalue weighted by Gasteiger charge is 2.21. The summed E-state index contributed by atoms with van der Waals surface area (Å²) in [5.41, 5.74) is 1.38. The Hall–Kier alpha value is -3.88. The van der Waals surface area contributed by atoms with Gasteiger partial charge in [0.15, 0.2) is 5.78 Å². The maximum Gasteiger partial charge on any atom is 0.258 e. The number of nitrogens with zero attached hydrogens (tertiary/aromatic N) is 3. The van der Waals surface area contributed by atoms with Crippen molar-refractivity contribution in [1.29, 1.82) is 0 Å². The van der Waals surface area contributed by atoms with Crippen LogP contribution in [0.2, 0.25) is 5.02 Å². The molecule has 178 valence electrons. The molecule has 0 unspecified atom stereocenters. The summed E-state index contributed by atoms with van der Waals surface area (Å²) in [5, 5.41) is 16.6. The van der Waals surface area contributed by atoms with Crippen molar-refractivity contribution in [1.82, 2.24) is 14.8 Å². The molecule has 0 aliphatic carbocycles. The molecule has 2 aromatic heterocycles. The molecule has 1 amide bonds. The first-order valence-corrected chi connectivity index (χ1v) is 11.3. The number of hydrogen-bond donors (Lipinski definition) is 2. The number of rotatable bonds is 8. The zero-order valence-corrected chi connectivity index (χ0v) is 19.5. The number of Topliss-reactive ketones (excluding diaryl/α,β-unsaturated/α-hetero) is 1. The third kappa shape index (κ3) is 5.45. The zero-order valence-electron chi connectivity index (χ0n) is 18.8. The number of benzene rings is 2. The maximum absolute atomic E-state index is 14.2. The molecule has 0 saturated carbocycles. The van der Waals surface area contributed by atoms with E-state index in [4.69, 9.17) is 11.6 Å². The van der Waals surface area contributed by atoms with E-state index in [0.717, 1.165) is 0 Å². The lowest BCUT2D eigenvalue weighted by molar-refractivity contribution is 0.0937. The average molecular weight is 493 g/mol. The number of hydrogen-bond acceptors (Lipinski definition) is 5. The van der Waals surface area contributed by atoms with E-state index in [9.17, 15) is 19.1 Å². The minimum atomic E-state index is -0.562. The Balaban J connectivity index is 1.69. The quantitative estimate of drug-likeness (QED) is 0.330. The van der Waals surface area contributed by atoms with Crippen molar-refractivity contribution >= 4 is 29.1 Å². The summed E-state index contributed by atoms with van der Waals surface area (Å²) in [7, 11) is 0. The van der Waals surface area contributed by atoms with Crippen LogP contribution in [0.4, 0.5) is 10.2 Å². The lowest BCUT2D eigenvalue weighted by atomic mass is 10.0. The summed E-state index contributed by atoms with van der Waals surface area (Å²) in [4.78, 5) is 30.0. The predicted octanol–water partition coefficient (Wildman–Crippen LogP) is 5.18. The Kier molecular flexibility index (Phi) is 7.33. The summed E-state index contributed by atoms with van der Waals surface area (Å²) < 4.78 is 15.7. The smallest absolute Gasteiger partial charge is 0.258 e. The third-order valence-electron chi connectivity index (χ3n) is 5.33. The fourth-order valence-corrected chi connectivity index (χ4v) is 3.69. The van der Waals surface area contributed by atoms with Gasteiger partial charge in [-0.1, -0.05) is 42.8 Å². The van der Waals surface area contributed by atoms with Crippen LogP contribution in [0, 0.1) is 11.7 Å². The SMILES string of the molecule is C[C@@H](CO)CC(=O)c1cc(NC(=O)c2cc(-c3ncccc3F)ccc2Cl)n(-c2ccccc2)n1. The molecule has 1 atom stereocenters. The van der Waals surface area contributed by atoms with Gasteiger partial charge in [-0.25, -0.2) is 9.07 Å². The molecule has 0 radical (unpaired) electrons. The van der Waals surface area contributed by atoms with Crippen molar-refractivity contribution in [3.05, 3.63) is 95.0 Å². The highest BCUT2D eigenvalue weighted by atomic mass is 35.5. The zero-order chi connectivity index (χ0) is 24.9.